The van der Waals surface area contributed by atoms with Crippen molar-refractivity contribution in [3.63, 3.8) is 0 Å². The third-order valence-electron chi connectivity index (χ3n) is 8.71. The van der Waals surface area contributed by atoms with Crippen LogP contribution in [0.2, 0.25) is 0 Å². The minimum absolute atomic E-state index is 0.0583. The second-order valence-corrected chi connectivity index (χ2v) is 11.1. The highest BCUT2D eigenvalue weighted by Gasteiger charge is 2.49. The SMILES string of the molecule is O=C(NCC1CCCCN(C(=O)C2C3CCC2CN(C(=O)C2CCC2)C3)C1)OCc1ccccc1. The summed E-state index contributed by atoms with van der Waals surface area (Å²) < 4.78 is 5.35. The summed E-state index contributed by atoms with van der Waals surface area (Å²) in [5.74, 6) is 1.76. The van der Waals surface area contributed by atoms with E-state index in [1.807, 2.05) is 30.3 Å². The molecule has 0 spiro atoms. The third-order valence-corrected chi connectivity index (χ3v) is 8.71. The van der Waals surface area contributed by atoms with Crippen molar-refractivity contribution in [3.8, 4) is 0 Å². The first kappa shape index (κ1) is 24.1. The molecular formula is C28H39N3O4. The molecule has 0 aromatic heterocycles. The van der Waals surface area contributed by atoms with Crippen LogP contribution in [0.5, 0.6) is 0 Å². The smallest absolute Gasteiger partial charge is 0.407 e. The number of carbonyl (C=O) groups is 3. The maximum atomic E-state index is 13.7. The van der Waals surface area contributed by atoms with Crippen molar-refractivity contribution in [2.45, 2.75) is 58.0 Å². The molecule has 190 valence electrons. The second kappa shape index (κ2) is 11.0. The van der Waals surface area contributed by atoms with Gasteiger partial charge in [0, 0.05) is 44.6 Å². The molecule has 3 atom stereocenters. The molecule has 2 heterocycles. The molecule has 4 aliphatic rings. The standard InChI is InChI=1S/C28H39N3O4/c32-26(22-10-6-11-22)31-17-23-12-13-24(18-31)25(23)27(33)30-14-5-4-9-21(16-30)15-29-28(34)35-19-20-7-2-1-3-8-20/h1-3,7-8,21-25H,4-6,9-19H2,(H,29,34). The summed E-state index contributed by atoms with van der Waals surface area (Å²) in [6, 6.07) is 9.66. The van der Waals surface area contributed by atoms with Crippen LogP contribution in [0, 0.1) is 29.6 Å². The Morgan fingerprint density at radius 1 is 0.829 bits per heavy atom. The van der Waals surface area contributed by atoms with Gasteiger partial charge in [-0.15, -0.1) is 0 Å². The van der Waals surface area contributed by atoms with Gasteiger partial charge in [0.1, 0.15) is 6.61 Å². The molecule has 5 rings (SSSR count). The quantitative estimate of drug-likeness (QED) is 0.670. The monoisotopic (exact) mass is 481 g/mol. The van der Waals surface area contributed by atoms with Crippen molar-refractivity contribution < 1.29 is 19.1 Å². The number of alkyl carbamates (subject to hydrolysis) is 1. The summed E-state index contributed by atoms with van der Waals surface area (Å²) in [6.07, 6.45) is 8.04. The molecule has 7 heteroatoms. The van der Waals surface area contributed by atoms with Crippen LogP contribution in [-0.2, 0) is 20.9 Å². The van der Waals surface area contributed by atoms with Crippen LogP contribution in [0.15, 0.2) is 30.3 Å². The van der Waals surface area contributed by atoms with Gasteiger partial charge in [-0.1, -0.05) is 43.2 Å². The van der Waals surface area contributed by atoms with Crippen LogP contribution < -0.4 is 5.32 Å². The second-order valence-electron chi connectivity index (χ2n) is 11.1. The third kappa shape index (κ3) is 5.65. The van der Waals surface area contributed by atoms with Crippen molar-refractivity contribution in [2.24, 2.45) is 29.6 Å². The molecule has 3 unspecified atom stereocenters. The van der Waals surface area contributed by atoms with Gasteiger partial charge in [-0.3, -0.25) is 9.59 Å². The largest absolute Gasteiger partial charge is 0.445 e. The molecule has 2 aliphatic heterocycles. The van der Waals surface area contributed by atoms with Crippen LogP contribution in [-0.4, -0.2) is 60.4 Å². The van der Waals surface area contributed by atoms with E-state index in [0.29, 0.717) is 30.8 Å². The van der Waals surface area contributed by atoms with Gasteiger partial charge in [0.2, 0.25) is 11.8 Å². The number of rotatable bonds is 6. The highest BCUT2D eigenvalue weighted by atomic mass is 16.5. The van der Waals surface area contributed by atoms with Crippen molar-refractivity contribution in [2.75, 3.05) is 32.7 Å². The lowest BCUT2D eigenvalue weighted by atomic mass is 9.80. The van der Waals surface area contributed by atoms with Gasteiger partial charge in [0.15, 0.2) is 0 Å². The van der Waals surface area contributed by atoms with Crippen LogP contribution in [0.3, 0.4) is 0 Å². The van der Waals surface area contributed by atoms with Gasteiger partial charge in [-0.25, -0.2) is 4.79 Å². The topological polar surface area (TPSA) is 79.0 Å². The normalized spacial score (nSPS) is 28.7. The van der Waals surface area contributed by atoms with Crippen molar-refractivity contribution in [1.82, 2.24) is 15.1 Å². The predicted octanol–water partition coefficient (Wildman–Crippen LogP) is 3.83. The zero-order chi connectivity index (χ0) is 24.2. The van der Waals surface area contributed by atoms with Crippen LogP contribution in [0.1, 0.15) is 56.9 Å². The van der Waals surface area contributed by atoms with E-state index in [-0.39, 0.29) is 30.3 Å². The lowest BCUT2D eigenvalue weighted by molar-refractivity contribution is -0.148. The van der Waals surface area contributed by atoms with Crippen LogP contribution in [0.4, 0.5) is 4.79 Å². The zero-order valence-corrected chi connectivity index (χ0v) is 20.7. The van der Waals surface area contributed by atoms with E-state index in [4.69, 9.17) is 4.74 Å². The van der Waals surface area contributed by atoms with E-state index < -0.39 is 6.09 Å². The molecule has 35 heavy (non-hydrogen) atoms. The average Bonchev–Trinajstić information content (AvgIpc) is 3.00. The first-order valence-electron chi connectivity index (χ1n) is 13.6. The molecule has 1 aromatic rings. The maximum absolute atomic E-state index is 13.7. The highest BCUT2D eigenvalue weighted by molar-refractivity contribution is 5.82. The van der Waals surface area contributed by atoms with E-state index >= 15 is 0 Å². The van der Waals surface area contributed by atoms with Gasteiger partial charge in [-0.05, 0) is 61.8 Å². The number of amides is 3. The van der Waals surface area contributed by atoms with E-state index in [2.05, 4.69) is 15.1 Å². The highest BCUT2D eigenvalue weighted by Crippen LogP contribution is 2.44. The predicted molar refractivity (Wildman–Crippen MR) is 132 cm³/mol. The molecule has 0 radical (unpaired) electrons. The molecule has 2 saturated heterocycles. The van der Waals surface area contributed by atoms with Gasteiger partial charge in [0.25, 0.3) is 0 Å². The number of nitrogens with one attached hydrogen (secondary N) is 1. The van der Waals surface area contributed by atoms with Gasteiger partial charge in [-0.2, -0.15) is 0 Å². The summed E-state index contributed by atoms with van der Waals surface area (Å²) in [6.45, 7) is 3.79. The summed E-state index contributed by atoms with van der Waals surface area (Å²) in [5.41, 5.74) is 0.962. The molecular weight excluding hydrogens is 442 g/mol. The van der Waals surface area contributed by atoms with E-state index in [1.165, 1.54) is 6.42 Å². The number of hydrogen-bond acceptors (Lipinski definition) is 4. The molecule has 3 amide bonds. The summed E-state index contributed by atoms with van der Waals surface area (Å²) in [5, 5.41) is 2.92. The van der Waals surface area contributed by atoms with E-state index in [1.54, 1.807) is 0 Å². The lowest BCUT2D eigenvalue weighted by Gasteiger charge is -2.41. The number of benzene rings is 1. The van der Waals surface area contributed by atoms with Crippen molar-refractivity contribution in [3.05, 3.63) is 35.9 Å². The maximum Gasteiger partial charge on any atom is 0.407 e. The first-order chi connectivity index (χ1) is 17.1. The zero-order valence-electron chi connectivity index (χ0n) is 20.7. The summed E-state index contributed by atoms with van der Waals surface area (Å²) in [4.78, 5) is 42.9. The number of fused-ring (bicyclic) bond motifs is 2. The number of likely N-dealkylation sites (tertiary alicyclic amines) is 2. The molecule has 2 bridgehead atoms. The van der Waals surface area contributed by atoms with Crippen LogP contribution >= 0.6 is 0 Å². The van der Waals surface area contributed by atoms with Gasteiger partial charge in [0.05, 0.1) is 0 Å². The number of carbonyl (C=O) groups excluding carboxylic acids is 3. The molecule has 1 N–H and O–H groups in total. The van der Waals surface area contributed by atoms with Crippen molar-refractivity contribution >= 4 is 17.9 Å². The molecule has 2 aliphatic carbocycles. The number of ether oxygens (including phenoxy) is 1. The Labute approximate surface area is 208 Å². The first-order valence-corrected chi connectivity index (χ1v) is 13.6. The number of hydrogen-bond donors (Lipinski definition) is 1. The minimum Gasteiger partial charge on any atom is -0.445 e. The fourth-order valence-electron chi connectivity index (χ4n) is 6.53. The average molecular weight is 482 g/mol. The Kier molecular flexibility index (Phi) is 7.59. The molecule has 2 saturated carbocycles. The van der Waals surface area contributed by atoms with Crippen LogP contribution in [0.25, 0.3) is 0 Å². The molecule has 1 aromatic carbocycles. The Hall–Kier alpha value is -2.57. The molecule has 7 nitrogen and oxygen atoms in total. The van der Waals surface area contributed by atoms with E-state index in [0.717, 1.165) is 70.1 Å². The minimum atomic E-state index is -0.405. The fourth-order valence-corrected chi connectivity index (χ4v) is 6.53. The molecule has 4 fully saturated rings. The Bertz CT molecular complexity index is 889. The summed E-state index contributed by atoms with van der Waals surface area (Å²) >= 11 is 0. The lowest BCUT2D eigenvalue weighted by Crippen LogP contribution is -2.53. The number of piperidine rings is 1. The van der Waals surface area contributed by atoms with Gasteiger partial charge < -0.3 is 19.9 Å². The van der Waals surface area contributed by atoms with Crippen molar-refractivity contribution in [1.29, 1.82) is 0 Å². The summed E-state index contributed by atoms with van der Waals surface area (Å²) in [7, 11) is 0. The fraction of sp³-hybridized carbons (Fsp3) is 0.679. The Morgan fingerprint density at radius 2 is 1.57 bits per heavy atom. The van der Waals surface area contributed by atoms with E-state index in [9.17, 15) is 14.4 Å². The Morgan fingerprint density at radius 3 is 2.26 bits per heavy atom. The number of nitrogens with zero attached hydrogens (tertiary/aromatic N) is 2. The Balaban J connectivity index is 1.12. The van der Waals surface area contributed by atoms with Gasteiger partial charge >= 0.3 is 6.09 Å².